The lowest BCUT2D eigenvalue weighted by atomic mass is 10.8. The Morgan fingerprint density at radius 2 is 1.71 bits per heavy atom. The summed E-state index contributed by atoms with van der Waals surface area (Å²) in [6, 6.07) is 0. The van der Waals surface area contributed by atoms with Crippen LogP contribution in [0.4, 0.5) is 0 Å². The van der Waals surface area contributed by atoms with Gasteiger partial charge in [-0.05, 0) is 4.28 Å². The first-order valence-electron chi connectivity index (χ1n) is 2.22. The van der Waals surface area contributed by atoms with E-state index < -0.39 is 0 Å². The van der Waals surface area contributed by atoms with E-state index in [4.69, 9.17) is 5.11 Å². The van der Waals surface area contributed by atoms with Crippen molar-refractivity contribution in [2.24, 2.45) is 0 Å². The van der Waals surface area contributed by atoms with Crippen molar-refractivity contribution in [1.82, 2.24) is 0 Å². The Morgan fingerprint density at radius 3 is 1.71 bits per heavy atom. The van der Waals surface area contributed by atoms with Gasteiger partial charge in [0.2, 0.25) is 0 Å². The van der Waals surface area contributed by atoms with E-state index in [0.717, 1.165) is 30.7 Å². The smallest absolute Gasteiger partial charge is 0.106 e. The molecule has 0 heterocycles. The second-order valence-electron chi connectivity index (χ2n) is 2.49. The lowest BCUT2D eigenvalue weighted by Gasteiger charge is -2.04. The van der Waals surface area contributed by atoms with Crippen LogP contribution in [0.5, 0.6) is 0 Å². The fraction of sp³-hybridized carbons (Fsp3) is 0.333. The van der Waals surface area contributed by atoms with Crippen LogP contribution in [0.2, 0.25) is 4.28 Å². The predicted octanol–water partition coefficient (Wildman–Crippen LogP) is -3.51. The molecular formula is C3H10OSi3. The first kappa shape index (κ1) is 7.01. The van der Waals surface area contributed by atoms with Crippen molar-refractivity contribution in [2.45, 2.75) is 4.28 Å². The van der Waals surface area contributed by atoms with Crippen molar-refractivity contribution in [2.75, 3.05) is 0 Å². The number of hydrogen-bond acceptors (Lipinski definition) is 1. The van der Waals surface area contributed by atoms with Gasteiger partial charge in [0, 0.05) is 30.7 Å². The zero-order chi connectivity index (χ0) is 5.91. The second-order valence-corrected chi connectivity index (χ2v) is 16.0. The zero-order valence-electron chi connectivity index (χ0n) is 4.95. The molecule has 0 saturated carbocycles. The van der Waals surface area contributed by atoms with Gasteiger partial charge in [-0.15, -0.1) is 0 Å². The van der Waals surface area contributed by atoms with E-state index >= 15 is 0 Å². The van der Waals surface area contributed by atoms with Gasteiger partial charge in [-0.2, -0.15) is 0 Å². The third-order valence-corrected chi connectivity index (χ3v) is 1.18. The molecule has 0 aromatic rings. The van der Waals surface area contributed by atoms with Gasteiger partial charge in [-0.3, -0.25) is 0 Å². The van der Waals surface area contributed by atoms with Gasteiger partial charge in [-0.1, -0.05) is 5.92 Å². The normalized spacial score (nSPS) is 17.7. The molecule has 0 amide bonds. The molecule has 0 fully saturated rings. The third-order valence-electron chi connectivity index (χ3n) is 0.431. The first-order valence-corrected chi connectivity index (χ1v) is 5.22. The van der Waals surface area contributed by atoms with Gasteiger partial charge < -0.3 is 5.11 Å². The van der Waals surface area contributed by atoms with Crippen molar-refractivity contribution < 1.29 is 5.11 Å². The summed E-state index contributed by atoms with van der Waals surface area (Å²) in [4.78, 5) is 0. The average Bonchev–Trinajstić information content (AvgIpc) is 1.30. The van der Waals surface area contributed by atoms with Crippen LogP contribution < -0.4 is 0 Å². The summed E-state index contributed by atoms with van der Waals surface area (Å²) in [5.74, 6) is 2.78. The minimum Gasteiger partial charge on any atom is -0.462 e. The van der Waals surface area contributed by atoms with E-state index in [2.05, 4.69) is 5.92 Å². The van der Waals surface area contributed by atoms with Crippen LogP contribution in [0.15, 0.2) is 0 Å². The number of hydrogen-bond donors (Lipinski definition) is 1. The SMILES string of the molecule is OC#CC([SiH3])([SiH3])[SiH3]. The molecule has 4 heteroatoms. The van der Waals surface area contributed by atoms with Gasteiger partial charge in [0.15, 0.2) is 0 Å². The van der Waals surface area contributed by atoms with Crippen LogP contribution in [0.25, 0.3) is 0 Å². The number of aliphatic hydroxyl groups is 1. The minimum atomic E-state index is 0.356. The summed E-state index contributed by atoms with van der Waals surface area (Å²) in [6.07, 6.45) is 1.96. The fourth-order valence-electron chi connectivity index (χ4n) is 0.168. The van der Waals surface area contributed by atoms with Crippen molar-refractivity contribution in [3.05, 3.63) is 0 Å². The maximum absolute atomic E-state index is 8.11. The molecule has 0 bridgehead atoms. The zero-order valence-corrected chi connectivity index (χ0v) is 10.9. The number of rotatable bonds is 0. The first-order chi connectivity index (χ1) is 3.06. The van der Waals surface area contributed by atoms with Crippen molar-refractivity contribution in [3.8, 4) is 12.0 Å². The Hall–Kier alpha value is 0.0106. The summed E-state index contributed by atoms with van der Waals surface area (Å²) in [6.45, 7) is 0. The van der Waals surface area contributed by atoms with Crippen molar-refractivity contribution >= 4 is 30.7 Å². The highest BCUT2D eigenvalue weighted by atomic mass is 28.3. The van der Waals surface area contributed by atoms with Crippen LogP contribution in [0, 0.1) is 12.0 Å². The fourth-order valence-corrected chi connectivity index (χ4v) is 0.503. The molecule has 1 N–H and O–H groups in total. The summed E-state index contributed by atoms with van der Waals surface area (Å²) < 4.78 is 0.356. The van der Waals surface area contributed by atoms with Gasteiger partial charge >= 0.3 is 0 Å². The Balaban J connectivity index is 3.72. The molecule has 0 saturated heterocycles. The van der Waals surface area contributed by atoms with E-state index in [-0.39, 0.29) is 0 Å². The standard InChI is InChI=1S/C3H10OSi3/c4-2-1-3(5,6)7/h4H,5-7H3. The highest BCUT2D eigenvalue weighted by molar-refractivity contribution is 6.61. The quantitative estimate of drug-likeness (QED) is 0.278. The second kappa shape index (κ2) is 2.35. The van der Waals surface area contributed by atoms with E-state index in [9.17, 15) is 0 Å². The Bertz CT molecular complexity index is 104. The van der Waals surface area contributed by atoms with E-state index in [1.54, 1.807) is 0 Å². The topological polar surface area (TPSA) is 20.2 Å². The van der Waals surface area contributed by atoms with Gasteiger partial charge in [-0.25, -0.2) is 0 Å². The van der Waals surface area contributed by atoms with Crippen molar-refractivity contribution in [3.63, 3.8) is 0 Å². The molecular weight excluding hydrogens is 136 g/mol. The molecule has 0 aromatic heterocycles. The monoisotopic (exact) mass is 146 g/mol. The van der Waals surface area contributed by atoms with Crippen molar-refractivity contribution in [1.29, 1.82) is 0 Å². The largest absolute Gasteiger partial charge is 0.462 e. The summed E-state index contributed by atoms with van der Waals surface area (Å²) in [7, 11) is 3.38. The summed E-state index contributed by atoms with van der Waals surface area (Å²) in [5, 5.41) is 8.11. The van der Waals surface area contributed by atoms with Crippen LogP contribution >= 0.6 is 0 Å². The lowest BCUT2D eigenvalue weighted by Crippen LogP contribution is -2.08. The maximum Gasteiger partial charge on any atom is 0.106 e. The minimum absolute atomic E-state index is 0.356. The van der Waals surface area contributed by atoms with Crippen LogP contribution in [0.3, 0.4) is 0 Å². The van der Waals surface area contributed by atoms with E-state index in [0.29, 0.717) is 4.28 Å². The molecule has 1 nitrogen and oxygen atoms in total. The highest BCUT2D eigenvalue weighted by Gasteiger charge is 2.02. The van der Waals surface area contributed by atoms with Crippen LogP contribution in [-0.2, 0) is 0 Å². The van der Waals surface area contributed by atoms with E-state index in [1.165, 1.54) is 0 Å². The van der Waals surface area contributed by atoms with Crippen LogP contribution in [-0.4, -0.2) is 35.8 Å². The summed E-state index contributed by atoms with van der Waals surface area (Å²) in [5.41, 5.74) is 0. The van der Waals surface area contributed by atoms with E-state index in [1.807, 2.05) is 6.11 Å². The van der Waals surface area contributed by atoms with Gasteiger partial charge in [0.1, 0.15) is 6.11 Å². The Labute approximate surface area is 52.8 Å². The number of aliphatic hydroxyl groups excluding tert-OH is 1. The molecule has 0 unspecified atom stereocenters. The van der Waals surface area contributed by atoms with Gasteiger partial charge in [0.25, 0.3) is 0 Å². The molecule has 0 rings (SSSR count). The molecule has 0 spiro atoms. The third kappa shape index (κ3) is 6.01. The Morgan fingerprint density at radius 1 is 1.29 bits per heavy atom. The average molecular weight is 146 g/mol. The molecule has 7 heavy (non-hydrogen) atoms. The van der Waals surface area contributed by atoms with Crippen LogP contribution in [0.1, 0.15) is 0 Å². The maximum atomic E-state index is 8.11. The van der Waals surface area contributed by atoms with Gasteiger partial charge in [0.05, 0.1) is 0 Å². The molecule has 40 valence electrons. The Kier molecular flexibility index (Phi) is 2.36. The molecule has 0 aromatic carbocycles. The highest BCUT2D eigenvalue weighted by Crippen LogP contribution is 2.02. The predicted molar refractivity (Wildman–Crippen MR) is 42.2 cm³/mol. The lowest BCUT2D eigenvalue weighted by molar-refractivity contribution is 0.516. The molecule has 0 aliphatic carbocycles. The molecule has 0 aliphatic rings. The molecule has 0 aliphatic heterocycles. The molecule has 0 atom stereocenters. The summed E-state index contributed by atoms with van der Waals surface area (Å²) >= 11 is 0. The molecule has 0 radical (unpaired) electrons.